The van der Waals surface area contributed by atoms with E-state index < -0.39 is 0 Å². The number of fused-ring (bicyclic) bond motifs is 1. The molecule has 4 N–H and O–H groups in total. The highest BCUT2D eigenvalue weighted by molar-refractivity contribution is 5.86. The molecule has 104 valence electrons. The first-order valence-electron chi connectivity index (χ1n) is 6.65. The van der Waals surface area contributed by atoms with E-state index in [1.54, 1.807) is 6.20 Å². The quantitative estimate of drug-likeness (QED) is 0.537. The zero-order valence-electron chi connectivity index (χ0n) is 11.1. The van der Waals surface area contributed by atoms with E-state index >= 15 is 0 Å². The molecule has 0 atom stereocenters. The number of aromatic nitrogens is 4. The van der Waals surface area contributed by atoms with Gasteiger partial charge in [-0.15, -0.1) is 0 Å². The van der Waals surface area contributed by atoms with Gasteiger partial charge < -0.3 is 15.7 Å². The molecule has 2 rings (SSSR count). The van der Waals surface area contributed by atoms with Crippen LogP contribution in [0.2, 0.25) is 0 Å². The fraction of sp³-hybridized carbons (Fsp3) is 0.583. The number of rotatable bonds is 8. The van der Waals surface area contributed by atoms with Crippen LogP contribution in [0.3, 0.4) is 0 Å². The van der Waals surface area contributed by atoms with E-state index in [-0.39, 0.29) is 6.61 Å². The van der Waals surface area contributed by atoms with E-state index in [1.807, 2.05) is 6.92 Å². The van der Waals surface area contributed by atoms with Crippen LogP contribution in [0, 0.1) is 0 Å². The van der Waals surface area contributed by atoms with Crippen molar-refractivity contribution in [3.63, 3.8) is 0 Å². The second-order valence-corrected chi connectivity index (χ2v) is 4.27. The average molecular weight is 264 g/mol. The van der Waals surface area contributed by atoms with Crippen molar-refractivity contribution >= 4 is 22.8 Å². The number of aliphatic hydroxyl groups is 1. The van der Waals surface area contributed by atoms with Gasteiger partial charge in [0.1, 0.15) is 5.82 Å². The first-order valence-corrected chi connectivity index (χ1v) is 6.65. The summed E-state index contributed by atoms with van der Waals surface area (Å²) >= 11 is 0. The lowest BCUT2D eigenvalue weighted by molar-refractivity contribution is 0.283. The van der Waals surface area contributed by atoms with Gasteiger partial charge in [-0.05, 0) is 26.2 Å². The van der Waals surface area contributed by atoms with Crippen LogP contribution in [-0.4, -0.2) is 45.0 Å². The van der Waals surface area contributed by atoms with Crippen LogP contribution in [0.4, 0.5) is 11.8 Å². The van der Waals surface area contributed by atoms with Gasteiger partial charge in [-0.25, -0.2) is 0 Å². The van der Waals surface area contributed by atoms with Crippen LogP contribution in [0.15, 0.2) is 6.20 Å². The maximum atomic E-state index is 8.73. The van der Waals surface area contributed by atoms with E-state index in [0.717, 1.165) is 49.2 Å². The number of anilines is 2. The van der Waals surface area contributed by atoms with E-state index in [4.69, 9.17) is 5.11 Å². The fourth-order valence-corrected chi connectivity index (χ4v) is 1.83. The third-order valence-electron chi connectivity index (χ3n) is 2.77. The molecular weight excluding hydrogens is 244 g/mol. The van der Waals surface area contributed by atoms with Crippen LogP contribution in [0.1, 0.15) is 26.2 Å². The highest BCUT2D eigenvalue weighted by Crippen LogP contribution is 2.19. The largest absolute Gasteiger partial charge is 0.396 e. The molecule has 0 unspecified atom stereocenters. The number of aliphatic hydroxyl groups excluding tert-OH is 1. The Morgan fingerprint density at radius 1 is 1.21 bits per heavy atom. The van der Waals surface area contributed by atoms with E-state index in [2.05, 4.69) is 30.8 Å². The second kappa shape index (κ2) is 6.89. The van der Waals surface area contributed by atoms with Crippen molar-refractivity contribution in [1.82, 2.24) is 20.2 Å². The molecular formula is C12H20N6O. The first-order chi connectivity index (χ1) is 9.35. The molecule has 0 aliphatic heterocycles. The van der Waals surface area contributed by atoms with Gasteiger partial charge in [-0.1, -0.05) is 0 Å². The van der Waals surface area contributed by atoms with Crippen molar-refractivity contribution in [3.8, 4) is 0 Å². The number of aromatic amines is 1. The van der Waals surface area contributed by atoms with E-state index in [1.165, 1.54) is 0 Å². The Hall–Kier alpha value is -1.89. The van der Waals surface area contributed by atoms with Gasteiger partial charge in [0.05, 0.1) is 11.6 Å². The average Bonchev–Trinajstić information content (AvgIpc) is 2.87. The topological polar surface area (TPSA) is 98.8 Å². The number of hydrogen-bond acceptors (Lipinski definition) is 6. The minimum Gasteiger partial charge on any atom is -0.396 e. The van der Waals surface area contributed by atoms with Crippen LogP contribution in [0.25, 0.3) is 11.0 Å². The molecule has 7 heteroatoms. The van der Waals surface area contributed by atoms with Gasteiger partial charge in [-0.2, -0.15) is 15.1 Å². The predicted molar refractivity (Wildman–Crippen MR) is 75.3 cm³/mol. The Morgan fingerprint density at radius 3 is 2.89 bits per heavy atom. The molecule has 0 aliphatic rings. The maximum Gasteiger partial charge on any atom is 0.226 e. The molecule has 7 nitrogen and oxygen atoms in total. The summed E-state index contributed by atoms with van der Waals surface area (Å²) in [5.74, 6) is 1.39. The van der Waals surface area contributed by atoms with Gasteiger partial charge >= 0.3 is 0 Å². The van der Waals surface area contributed by atoms with E-state index in [0.29, 0.717) is 5.95 Å². The Kier molecular flexibility index (Phi) is 4.91. The minimum atomic E-state index is 0.254. The number of nitrogens with one attached hydrogen (secondary N) is 3. The molecule has 2 aromatic rings. The van der Waals surface area contributed by atoms with Crippen LogP contribution in [-0.2, 0) is 0 Å². The molecule has 0 aromatic carbocycles. The highest BCUT2D eigenvalue weighted by atomic mass is 16.2. The van der Waals surface area contributed by atoms with Gasteiger partial charge in [0.25, 0.3) is 0 Å². The molecule has 2 heterocycles. The smallest absolute Gasteiger partial charge is 0.226 e. The molecule has 0 amide bonds. The van der Waals surface area contributed by atoms with Crippen LogP contribution in [0.5, 0.6) is 0 Å². The Labute approximate surface area is 111 Å². The van der Waals surface area contributed by atoms with Crippen molar-refractivity contribution in [3.05, 3.63) is 6.20 Å². The van der Waals surface area contributed by atoms with Gasteiger partial charge in [0.15, 0.2) is 5.65 Å². The van der Waals surface area contributed by atoms with Crippen molar-refractivity contribution in [2.45, 2.75) is 26.2 Å². The molecule has 0 saturated heterocycles. The van der Waals surface area contributed by atoms with Gasteiger partial charge in [-0.3, -0.25) is 5.10 Å². The van der Waals surface area contributed by atoms with Crippen molar-refractivity contribution in [1.29, 1.82) is 0 Å². The molecule has 19 heavy (non-hydrogen) atoms. The maximum absolute atomic E-state index is 8.73. The summed E-state index contributed by atoms with van der Waals surface area (Å²) in [7, 11) is 0. The van der Waals surface area contributed by atoms with E-state index in [9.17, 15) is 0 Å². The Morgan fingerprint density at radius 2 is 2.11 bits per heavy atom. The standard InChI is InChI=1S/C12H20N6O/c1-2-13-12-16-10(14-6-4-3-5-7-19)9-8-15-18-11(9)17-12/h8,19H,2-7H2,1H3,(H3,13,14,15,16,17,18). The zero-order valence-corrected chi connectivity index (χ0v) is 11.1. The highest BCUT2D eigenvalue weighted by Gasteiger charge is 2.08. The number of nitrogens with zero attached hydrogens (tertiary/aromatic N) is 3. The summed E-state index contributed by atoms with van der Waals surface area (Å²) in [5.41, 5.74) is 0.726. The Bertz CT molecular complexity index is 512. The van der Waals surface area contributed by atoms with Crippen molar-refractivity contribution in [2.24, 2.45) is 0 Å². The predicted octanol–water partition coefficient (Wildman–Crippen LogP) is 1.36. The van der Waals surface area contributed by atoms with Crippen molar-refractivity contribution < 1.29 is 5.11 Å². The van der Waals surface area contributed by atoms with Gasteiger partial charge in [0.2, 0.25) is 5.95 Å². The molecule has 0 fully saturated rings. The summed E-state index contributed by atoms with van der Waals surface area (Å²) in [6.45, 7) is 3.85. The summed E-state index contributed by atoms with van der Waals surface area (Å²) in [4.78, 5) is 8.77. The normalized spacial score (nSPS) is 10.8. The number of unbranched alkanes of at least 4 members (excludes halogenated alkanes) is 2. The number of hydrogen-bond donors (Lipinski definition) is 4. The summed E-state index contributed by atoms with van der Waals surface area (Å²) in [6, 6.07) is 0. The first kappa shape index (κ1) is 13.5. The third kappa shape index (κ3) is 3.54. The second-order valence-electron chi connectivity index (χ2n) is 4.27. The summed E-state index contributed by atoms with van der Waals surface area (Å²) in [6.07, 6.45) is 4.57. The monoisotopic (exact) mass is 264 g/mol. The lowest BCUT2D eigenvalue weighted by Gasteiger charge is -2.08. The lowest BCUT2D eigenvalue weighted by atomic mass is 10.2. The summed E-state index contributed by atoms with van der Waals surface area (Å²) in [5, 5.41) is 22.9. The summed E-state index contributed by atoms with van der Waals surface area (Å²) < 4.78 is 0. The minimum absolute atomic E-state index is 0.254. The van der Waals surface area contributed by atoms with Crippen LogP contribution >= 0.6 is 0 Å². The molecule has 0 aliphatic carbocycles. The fourth-order valence-electron chi connectivity index (χ4n) is 1.83. The molecule has 0 radical (unpaired) electrons. The van der Waals surface area contributed by atoms with Gasteiger partial charge in [0, 0.05) is 19.7 Å². The molecule has 0 bridgehead atoms. The molecule has 0 saturated carbocycles. The van der Waals surface area contributed by atoms with Crippen molar-refractivity contribution in [2.75, 3.05) is 30.3 Å². The molecule has 2 aromatic heterocycles. The Balaban J connectivity index is 2.04. The molecule has 0 spiro atoms. The lowest BCUT2D eigenvalue weighted by Crippen LogP contribution is -2.08. The van der Waals surface area contributed by atoms with Crippen LogP contribution < -0.4 is 10.6 Å². The third-order valence-corrected chi connectivity index (χ3v) is 2.77. The SMILES string of the molecule is CCNc1nc(NCCCCCO)c2cn[nH]c2n1. The zero-order chi connectivity index (χ0) is 13.5. The number of H-pyrrole nitrogens is 1.